The van der Waals surface area contributed by atoms with E-state index in [1.807, 2.05) is 18.2 Å². The Labute approximate surface area is 95.7 Å². The van der Waals surface area contributed by atoms with Crippen molar-refractivity contribution in [3.63, 3.8) is 0 Å². The van der Waals surface area contributed by atoms with Crippen LogP contribution in [0.2, 0.25) is 0 Å². The van der Waals surface area contributed by atoms with Crippen molar-refractivity contribution in [3.05, 3.63) is 59.7 Å². The van der Waals surface area contributed by atoms with E-state index < -0.39 is 0 Å². The minimum atomic E-state index is 0.873. The fourth-order valence-corrected chi connectivity index (χ4v) is 1.52. The van der Waals surface area contributed by atoms with Crippen LogP contribution in [0.4, 0.5) is 0 Å². The number of rotatable bonds is 3. The third-order valence-corrected chi connectivity index (χ3v) is 2.39. The van der Waals surface area contributed by atoms with Gasteiger partial charge in [0.05, 0.1) is 11.9 Å². The van der Waals surface area contributed by atoms with Gasteiger partial charge in [0, 0.05) is 12.4 Å². The van der Waals surface area contributed by atoms with E-state index in [9.17, 15) is 0 Å². The molecule has 2 heteroatoms. The van der Waals surface area contributed by atoms with Crippen molar-refractivity contribution >= 4 is 12.2 Å². The van der Waals surface area contributed by atoms with Gasteiger partial charge in [-0.25, -0.2) is 0 Å². The van der Waals surface area contributed by atoms with Crippen molar-refractivity contribution in [2.45, 2.75) is 13.3 Å². The molecule has 1 heterocycles. The van der Waals surface area contributed by atoms with Crippen molar-refractivity contribution in [2.75, 3.05) is 0 Å². The fourth-order valence-electron chi connectivity index (χ4n) is 1.52. The first-order valence-corrected chi connectivity index (χ1v) is 5.33. The second-order valence-electron chi connectivity index (χ2n) is 3.44. The molecule has 0 bridgehead atoms. The van der Waals surface area contributed by atoms with E-state index >= 15 is 0 Å². The standard InChI is InChI=1S/C14H13N2/c1-2-12-5-3-4-6-13(12)7-8-14-11-15-9-10-16-14/h4-11H,2H2,1H3. The largest absolute Gasteiger partial charge is 0.261 e. The van der Waals surface area contributed by atoms with Crippen molar-refractivity contribution in [1.82, 2.24) is 9.97 Å². The predicted octanol–water partition coefficient (Wildman–Crippen LogP) is 3.01. The zero-order valence-electron chi connectivity index (χ0n) is 9.22. The molecule has 0 spiro atoms. The third kappa shape index (κ3) is 2.54. The summed E-state index contributed by atoms with van der Waals surface area (Å²) >= 11 is 0. The van der Waals surface area contributed by atoms with Crippen LogP contribution in [0.5, 0.6) is 0 Å². The molecule has 0 amide bonds. The monoisotopic (exact) mass is 209 g/mol. The summed E-state index contributed by atoms with van der Waals surface area (Å²) in [5.41, 5.74) is 3.38. The first-order chi connectivity index (χ1) is 7.90. The molecule has 1 aromatic heterocycles. The Bertz CT molecular complexity index is 475. The molecule has 79 valence electrons. The first kappa shape index (κ1) is 10.6. The Morgan fingerprint density at radius 2 is 2.25 bits per heavy atom. The second kappa shape index (κ2) is 5.21. The highest BCUT2D eigenvalue weighted by molar-refractivity contribution is 5.69. The SMILES string of the molecule is CCc1c[c]ccc1C=Cc1cnccn1. The number of benzene rings is 1. The maximum absolute atomic E-state index is 4.19. The Morgan fingerprint density at radius 3 is 3.00 bits per heavy atom. The van der Waals surface area contributed by atoms with Crippen LogP contribution in [0.1, 0.15) is 23.7 Å². The zero-order valence-corrected chi connectivity index (χ0v) is 9.22. The Kier molecular flexibility index (Phi) is 3.44. The van der Waals surface area contributed by atoms with Crippen molar-refractivity contribution in [2.24, 2.45) is 0 Å². The van der Waals surface area contributed by atoms with Gasteiger partial charge < -0.3 is 0 Å². The maximum atomic E-state index is 4.19. The number of hydrogen-bond acceptors (Lipinski definition) is 2. The highest BCUT2D eigenvalue weighted by Gasteiger charge is 1.95. The molecule has 0 N–H and O–H groups in total. The molecule has 0 saturated heterocycles. The molecular formula is C14H13N2. The van der Waals surface area contributed by atoms with Gasteiger partial charge >= 0.3 is 0 Å². The average molecular weight is 209 g/mol. The summed E-state index contributed by atoms with van der Waals surface area (Å²) in [6.07, 6.45) is 10.2. The number of nitrogens with zero attached hydrogens (tertiary/aromatic N) is 2. The van der Waals surface area contributed by atoms with Gasteiger partial charge in [0.25, 0.3) is 0 Å². The summed E-state index contributed by atoms with van der Waals surface area (Å²) in [5, 5.41) is 0. The van der Waals surface area contributed by atoms with Crippen LogP contribution < -0.4 is 0 Å². The van der Waals surface area contributed by atoms with Crippen LogP contribution in [0.15, 0.2) is 36.8 Å². The van der Waals surface area contributed by atoms with Crippen LogP contribution in [0, 0.1) is 6.07 Å². The smallest absolute Gasteiger partial charge is 0.0813 e. The van der Waals surface area contributed by atoms with Crippen LogP contribution in [0.25, 0.3) is 12.2 Å². The van der Waals surface area contributed by atoms with E-state index in [0.29, 0.717) is 0 Å². The van der Waals surface area contributed by atoms with E-state index in [1.165, 1.54) is 11.1 Å². The van der Waals surface area contributed by atoms with Crippen molar-refractivity contribution in [1.29, 1.82) is 0 Å². The lowest BCUT2D eigenvalue weighted by molar-refractivity contribution is 1.13. The van der Waals surface area contributed by atoms with Gasteiger partial charge in [-0.15, -0.1) is 0 Å². The summed E-state index contributed by atoms with van der Waals surface area (Å²) in [4.78, 5) is 8.21. The Hall–Kier alpha value is -1.96. The summed E-state index contributed by atoms with van der Waals surface area (Å²) < 4.78 is 0. The summed E-state index contributed by atoms with van der Waals surface area (Å²) in [6.45, 7) is 2.14. The van der Waals surface area contributed by atoms with E-state index in [4.69, 9.17) is 0 Å². The van der Waals surface area contributed by atoms with Gasteiger partial charge in [0.2, 0.25) is 0 Å². The Balaban J connectivity index is 2.24. The lowest BCUT2D eigenvalue weighted by Gasteiger charge is -2.01. The molecule has 16 heavy (non-hydrogen) atoms. The van der Waals surface area contributed by atoms with E-state index in [-0.39, 0.29) is 0 Å². The lowest BCUT2D eigenvalue weighted by Crippen LogP contribution is -1.85. The predicted molar refractivity (Wildman–Crippen MR) is 65.6 cm³/mol. The molecular weight excluding hydrogens is 196 g/mol. The molecule has 2 aromatic rings. The van der Waals surface area contributed by atoms with Crippen LogP contribution in [-0.2, 0) is 6.42 Å². The van der Waals surface area contributed by atoms with Crippen LogP contribution in [-0.4, -0.2) is 9.97 Å². The van der Waals surface area contributed by atoms with E-state index in [2.05, 4.69) is 35.1 Å². The molecule has 0 saturated carbocycles. The minimum absolute atomic E-state index is 0.873. The van der Waals surface area contributed by atoms with Crippen LogP contribution >= 0.6 is 0 Å². The number of aryl methyl sites for hydroxylation is 1. The van der Waals surface area contributed by atoms with Gasteiger partial charge in [-0.05, 0) is 29.7 Å². The zero-order chi connectivity index (χ0) is 11.2. The molecule has 0 fully saturated rings. The van der Waals surface area contributed by atoms with E-state index in [0.717, 1.165) is 12.1 Å². The van der Waals surface area contributed by atoms with E-state index in [1.54, 1.807) is 18.6 Å². The number of hydrogen-bond donors (Lipinski definition) is 0. The topological polar surface area (TPSA) is 25.8 Å². The third-order valence-electron chi connectivity index (χ3n) is 2.39. The Morgan fingerprint density at radius 1 is 1.31 bits per heavy atom. The van der Waals surface area contributed by atoms with Gasteiger partial charge in [-0.2, -0.15) is 0 Å². The van der Waals surface area contributed by atoms with Gasteiger partial charge in [0.15, 0.2) is 0 Å². The average Bonchev–Trinajstić information content (AvgIpc) is 2.38. The van der Waals surface area contributed by atoms with Crippen LogP contribution in [0.3, 0.4) is 0 Å². The molecule has 0 atom stereocenters. The summed E-state index contributed by atoms with van der Waals surface area (Å²) in [7, 11) is 0. The molecule has 1 aromatic carbocycles. The van der Waals surface area contributed by atoms with Gasteiger partial charge in [-0.3, -0.25) is 9.97 Å². The highest BCUT2D eigenvalue weighted by atomic mass is 14.7. The number of aromatic nitrogens is 2. The normalized spacial score (nSPS) is 10.8. The highest BCUT2D eigenvalue weighted by Crippen LogP contribution is 2.12. The molecule has 0 aliphatic rings. The second-order valence-corrected chi connectivity index (χ2v) is 3.44. The molecule has 1 radical (unpaired) electrons. The summed E-state index contributed by atoms with van der Waals surface area (Å²) in [5.74, 6) is 0. The molecule has 0 aliphatic carbocycles. The van der Waals surface area contributed by atoms with Gasteiger partial charge in [0.1, 0.15) is 0 Å². The molecule has 2 rings (SSSR count). The van der Waals surface area contributed by atoms with Gasteiger partial charge in [-0.1, -0.05) is 31.2 Å². The maximum Gasteiger partial charge on any atom is 0.0813 e. The minimum Gasteiger partial charge on any atom is -0.261 e. The van der Waals surface area contributed by atoms with Crippen molar-refractivity contribution in [3.8, 4) is 0 Å². The molecule has 0 unspecified atom stereocenters. The summed E-state index contributed by atoms with van der Waals surface area (Å²) in [6, 6.07) is 9.10. The fraction of sp³-hybridized carbons (Fsp3) is 0.143. The quantitative estimate of drug-likeness (QED) is 0.776. The molecule has 2 nitrogen and oxygen atoms in total. The lowest BCUT2D eigenvalue weighted by atomic mass is 10.0. The van der Waals surface area contributed by atoms with Crippen molar-refractivity contribution < 1.29 is 0 Å². The first-order valence-electron chi connectivity index (χ1n) is 5.33. The molecule has 0 aliphatic heterocycles.